The Kier molecular flexibility index (Phi) is 3.41. The van der Waals surface area contributed by atoms with E-state index in [2.05, 4.69) is 5.32 Å². The second-order valence-electron chi connectivity index (χ2n) is 6.94. The molecule has 1 N–H and O–H groups in total. The third-order valence-corrected chi connectivity index (χ3v) is 5.72. The molecule has 0 saturated heterocycles. The lowest BCUT2D eigenvalue weighted by Crippen LogP contribution is -2.31. The minimum atomic E-state index is -0.328. The van der Waals surface area contributed by atoms with Gasteiger partial charge in [0.1, 0.15) is 0 Å². The molecular formula is C22H16ClNO2. The molecule has 3 nitrogen and oxygen atoms in total. The Labute approximate surface area is 156 Å². The zero-order valence-corrected chi connectivity index (χ0v) is 14.8. The molecule has 0 radical (unpaired) electrons. The summed E-state index contributed by atoms with van der Waals surface area (Å²) in [4.78, 5) is 26.0. The molecule has 1 heterocycles. The number of carbonyl (C=O) groups excluding carboxylic acids is 2. The van der Waals surface area contributed by atoms with Gasteiger partial charge >= 0.3 is 0 Å². The molecule has 3 aliphatic rings. The van der Waals surface area contributed by atoms with Crippen LogP contribution in [0.5, 0.6) is 0 Å². The minimum Gasteiger partial charge on any atom is -0.358 e. The normalized spacial score (nSPS) is 21.3. The first-order valence-corrected chi connectivity index (χ1v) is 9.20. The highest BCUT2D eigenvalue weighted by molar-refractivity contribution is 6.30. The summed E-state index contributed by atoms with van der Waals surface area (Å²) >= 11 is 6.06. The molecule has 1 atom stereocenters. The monoisotopic (exact) mass is 361 g/mol. The maximum atomic E-state index is 13.2. The van der Waals surface area contributed by atoms with Gasteiger partial charge < -0.3 is 5.32 Å². The summed E-state index contributed by atoms with van der Waals surface area (Å²) in [5.41, 5.74) is 5.82. The smallest absolute Gasteiger partial charge is 0.192 e. The highest BCUT2D eigenvalue weighted by Gasteiger charge is 2.43. The predicted octanol–water partition coefficient (Wildman–Crippen LogP) is 4.64. The van der Waals surface area contributed by atoms with Crippen molar-refractivity contribution < 1.29 is 9.59 Å². The number of carbonyl (C=O) groups is 2. The summed E-state index contributed by atoms with van der Waals surface area (Å²) in [5, 5.41) is 4.08. The lowest BCUT2D eigenvalue weighted by Gasteiger charge is -2.33. The fourth-order valence-corrected chi connectivity index (χ4v) is 4.45. The number of Topliss-reactive ketones (excluding diaryl/α,β-unsaturated/α-hetero) is 2. The Morgan fingerprint density at radius 3 is 2.38 bits per heavy atom. The van der Waals surface area contributed by atoms with E-state index in [9.17, 15) is 9.59 Å². The summed E-state index contributed by atoms with van der Waals surface area (Å²) in [6.45, 7) is 0. The van der Waals surface area contributed by atoms with Crippen LogP contribution in [0.2, 0.25) is 5.02 Å². The van der Waals surface area contributed by atoms with Gasteiger partial charge in [-0.05, 0) is 30.5 Å². The average Bonchev–Trinajstić information content (AvgIpc) is 2.94. The summed E-state index contributed by atoms with van der Waals surface area (Å²) in [5.74, 6) is -0.187. The van der Waals surface area contributed by atoms with Crippen molar-refractivity contribution in [3.63, 3.8) is 0 Å². The fourth-order valence-electron chi connectivity index (χ4n) is 4.33. The van der Waals surface area contributed by atoms with Crippen LogP contribution < -0.4 is 5.32 Å². The number of nitrogens with one attached hydrogen (secondary N) is 1. The van der Waals surface area contributed by atoms with Crippen molar-refractivity contribution in [3.05, 3.63) is 87.1 Å². The van der Waals surface area contributed by atoms with Crippen molar-refractivity contribution >= 4 is 28.9 Å². The summed E-state index contributed by atoms with van der Waals surface area (Å²) < 4.78 is 0. The molecule has 2 aliphatic carbocycles. The number of rotatable bonds is 1. The first-order valence-electron chi connectivity index (χ1n) is 8.82. The first-order chi connectivity index (χ1) is 12.6. The average molecular weight is 362 g/mol. The van der Waals surface area contributed by atoms with Gasteiger partial charge in [0.25, 0.3) is 0 Å². The summed E-state index contributed by atoms with van der Waals surface area (Å²) in [6, 6.07) is 15.1. The number of dihydropyridines is 1. The largest absolute Gasteiger partial charge is 0.358 e. The molecule has 0 amide bonds. The van der Waals surface area contributed by atoms with E-state index >= 15 is 0 Å². The molecule has 0 bridgehead atoms. The van der Waals surface area contributed by atoms with Crippen molar-refractivity contribution in [3.8, 4) is 0 Å². The topological polar surface area (TPSA) is 46.2 Å². The van der Waals surface area contributed by atoms with Crippen molar-refractivity contribution in [2.45, 2.75) is 25.2 Å². The molecule has 0 saturated carbocycles. The molecule has 0 fully saturated rings. The van der Waals surface area contributed by atoms with Gasteiger partial charge in [-0.3, -0.25) is 9.59 Å². The molecule has 2 aromatic carbocycles. The van der Waals surface area contributed by atoms with Crippen molar-refractivity contribution in [2.24, 2.45) is 0 Å². The summed E-state index contributed by atoms with van der Waals surface area (Å²) in [7, 11) is 0. The molecule has 128 valence electrons. The van der Waals surface area contributed by atoms with Crippen LogP contribution in [-0.2, 0) is 4.79 Å². The molecule has 2 aromatic rings. The number of allylic oxidation sites excluding steroid dienone is 3. The second kappa shape index (κ2) is 5.68. The van der Waals surface area contributed by atoms with Crippen LogP contribution in [0.25, 0.3) is 5.70 Å². The molecular weight excluding hydrogens is 346 g/mol. The van der Waals surface area contributed by atoms with Gasteiger partial charge in [-0.2, -0.15) is 0 Å². The van der Waals surface area contributed by atoms with Crippen molar-refractivity contribution in [1.29, 1.82) is 0 Å². The summed E-state index contributed by atoms with van der Waals surface area (Å²) in [6.07, 6.45) is 2.21. The van der Waals surface area contributed by atoms with Gasteiger partial charge in [-0.1, -0.05) is 48.0 Å². The van der Waals surface area contributed by atoms with Crippen LogP contribution in [0.3, 0.4) is 0 Å². The molecule has 4 heteroatoms. The highest BCUT2D eigenvalue weighted by atomic mass is 35.5. The number of hydrogen-bond acceptors (Lipinski definition) is 3. The maximum absolute atomic E-state index is 13.2. The highest BCUT2D eigenvalue weighted by Crippen LogP contribution is 2.48. The van der Waals surface area contributed by atoms with Gasteiger partial charge in [-0.25, -0.2) is 0 Å². The zero-order chi connectivity index (χ0) is 17.8. The van der Waals surface area contributed by atoms with E-state index in [1.807, 2.05) is 48.5 Å². The minimum absolute atomic E-state index is 0.00738. The van der Waals surface area contributed by atoms with Gasteiger partial charge in [0, 0.05) is 45.3 Å². The molecule has 5 rings (SSSR count). The van der Waals surface area contributed by atoms with E-state index in [-0.39, 0.29) is 17.5 Å². The maximum Gasteiger partial charge on any atom is 0.192 e. The number of hydrogen-bond donors (Lipinski definition) is 1. The Balaban J connectivity index is 1.75. The van der Waals surface area contributed by atoms with Crippen LogP contribution in [0.1, 0.15) is 46.7 Å². The van der Waals surface area contributed by atoms with Crippen molar-refractivity contribution in [2.75, 3.05) is 0 Å². The molecule has 0 spiro atoms. The Hall–Kier alpha value is -2.65. The molecule has 1 unspecified atom stereocenters. The Bertz CT molecular complexity index is 1030. The number of ketones is 2. The molecule has 26 heavy (non-hydrogen) atoms. The number of fused-ring (bicyclic) bond motifs is 2. The van der Waals surface area contributed by atoms with E-state index in [1.165, 1.54) is 0 Å². The SMILES string of the molecule is O=C1CCCC2=C1C(c1ccc(Cl)cc1)C1=C(N2)c2ccccc2C1=O. The van der Waals surface area contributed by atoms with E-state index in [0.29, 0.717) is 22.6 Å². The third-order valence-electron chi connectivity index (χ3n) is 5.47. The second-order valence-corrected chi connectivity index (χ2v) is 7.38. The van der Waals surface area contributed by atoms with E-state index in [0.717, 1.165) is 40.9 Å². The van der Waals surface area contributed by atoms with Crippen molar-refractivity contribution in [1.82, 2.24) is 5.32 Å². The molecule has 0 aromatic heterocycles. The van der Waals surface area contributed by atoms with Gasteiger partial charge in [0.15, 0.2) is 11.6 Å². The zero-order valence-electron chi connectivity index (χ0n) is 14.0. The number of benzene rings is 2. The third kappa shape index (κ3) is 2.14. The molecule has 1 aliphatic heterocycles. The Morgan fingerprint density at radius 1 is 0.885 bits per heavy atom. The van der Waals surface area contributed by atoms with E-state index < -0.39 is 0 Å². The van der Waals surface area contributed by atoms with Gasteiger partial charge in [-0.15, -0.1) is 0 Å². The lowest BCUT2D eigenvalue weighted by molar-refractivity contribution is -0.116. The van der Waals surface area contributed by atoms with Crippen LogP contribution in [0, 0.1) is 0 Å². The van der Waals surface area contributed by atoms with Gasteiger partial charge in [0.2, 0.25) is 0 Å². The first kappa shape index (κ1) is 15.6. The van der Waals surface area contributed by atoms with E-state index in [4.69, 9.17) is 11.6 Å². The van der Waals surface area contributed by atoms with Crippen LogP contribution in [0.4, 0.5) is 0 Å². The predicted molar refractivity (Wildman–Crippen MR) is 101 cm³/mol. The van der Waals surface area contributed by atoms with E-state index in [1.54, 1.807) is 0 Å². The Morgan fingerprint density at radius 2 is 1.62 bits per heavy atom. The standard InChI is InChI=1S/C22H16ClNO2/c23-13-10-8-12(9-11-13)18-19-16(6-3-7-17(19)25)24-21-14-4-1-2-5-15(14)22(26)20(18)21/h1-2,4-5,8-11,18,24H,3,6-7H2. The van der Waals surface area contributed by atoms with Gasteiger partial charge in [0.05, 0.1) is 5.70 Å². The van der Waals surface area contributed by atoms with Crippen LogP contribution >= 0.6 is 11.6 Å². The lowest BCUT2D eigenvalue weighted by atomic mass is 9.75. The quantitative estimate of drug-likeness (QED) is 0.804. The van der Waals surface area contributed by atoms with Crippen LogP contribution in [0.15, 0.2) is 65.4 Å². The fraction of sp³-hybridized carbons (Fsp3) is 0.182. The number of halogens is 1. The van der Waals surface area contributed by atoms with Crippen LogP contribution in [-0.4, -0.2) is 11.6 Å².